The monoisotopic (exact) mass is 323 g/mol. The highest BCUT2D eigenvalue weighted by Gasteiger charge is 2.25. The van der Waals surface area contributed by atoms with E-state index in [1.807, 2.05) is 4.90 Å². The van der Waals surface area contributed by atoms with Gasteiger partial charge in [0.15, 0.2) is 0 Å². The van der Waals surface area contributed by atoms with Crippen LogP contribution < -0.4 is 11.1 Å². The Morgan fingerprint density at radius 3 is 2.55 bits per heavy atom. The van der Waals surface area contributed by atoms with E-state index in [0.717, 1.165) is 37.0 Å². The van der Waals surface area contributed by atoms with Crippen LogP contribution in [0.4, 0.5) is 0 Å². The number of carbonyl (C=O) groups is 2. The lowest BCUT2D eigenvalue weighted by molar-refractivity contribution is -0.124. The van der Waals surface area contributed by atoms with Crippen molar-refractivity contribution in [2.45, 2.75) is 51.6 Å². The normalized spacial score (nSPS) is 15.4. The zero-order valence-corrected chi connectivity index (χ0v) is 14.0. The minimum atomic E-state index is -0.370. The highest BCUT2D eigenvalue weighted by Crippen LogP contribution is 2.23. The van der Waals surface area contributed by atoms with Crippen LogP contribution in [0.25, 0.3) is 0 Å². The highest BCUT2D eigenvalue weighted by atomic mass is 32.1. The molecule has 22 heavy (non-hydrogen) atoms. The summed E-state index contributed by atoms with van der Waals surface area (Å²) in [7, 11) is 0. The molecule has 0 saturated heterocycles. The standard InChI is InChI=1S/C16H25N3O2S/c1-2-13-7-8-14(22-13)9-18-16(21)11-19(10-15(17)20)12-5-3-4-6-12/h7-8,12H,2-6,9-11H2,1H3,(H2,17,20)(H,18,21). The van der Waals surface area contributed by atoms with Gasteiger partial charge in [0.2, 0.25) is 11.8 Å². The summed E-state index contributed by atoms with van der Waals surface area (Å²) in [4.78, 5) is 27.8. The van der Waals surface area contributed by atoms with Crippen LogP contribution in [-0.2, 0) is 22.6 Å². The van der Waals surface area contributed by atoms with Crippen molar-refractivity contribution in [1.82, 2.24) is 10.2 Å². The first-order valence-electron chi connectivity index (χ1n) is 7.95. The molecule has 6 heteroatoms. The molecule has 0 unspecified atom stereocenters. The average Bonchev–Trinajstić information content (AvgIpc) is 3.15. The van der Waals surface area contributed by atoms with Crippen LogP contribution in [0.2, 0.25) is 0 Å². The highest BCUT2D eigenvalue weighted by molar-refractivity contribution is 7.11. The summed E-state index contributed by atoms with van der Waals surface area (Å²) in [6, 6.07) is 4.47. The number of carbonyl (C=O) groups excluding carboxylic acids is 2. The molecule has 1 aromatic rings. The van der Waals surface area contributed by atoms with Crippen LogP contribution in [0.1, 0.15) is 42.4 Å². The maximum absolute atomic E-state index is 12.1. The molecule has 1 fully saturated rings. The van der Waals surface area contributed by atoms with Crippen molar-refractivity contribution in [1.29, 1.82) is 0 Å². The van der Waals surface area contributed by atoms with E-state index >= 15 is 0 Å². The Balaban J connectivity index is 1.83. The first-order valence-corrected chi connectivity index (χ1v) is 8.76. The topological polar surface area (TPSA) is 75.4 Å². The van der Waals surface area contributed by atoms with Gasteiger partial charge in [0, 0.05) is 15.8 Å². The summed E-state index contributed by atoms with van der Waals surface area (Å²) in [6.07, 6.45) is 5.44. The molecule has 5 nitrogen and oxygen atoms in total. The third-order valence-corrected chi connectivity index (χ3v) is 5.30. The first kappa shape index (κ1) is 17.0. The predicted octanol–water partition coefficient (Wildman–Crippen LogP) is 1.66. The molecule has 122 valence electrons. The molecule has 1 aliphatic carbocycles. The number of rotatable bonds is 8. The fraction of sp³-hybridized carbons (Fsp3) is 0.625. The lowest BCUT2D eigenvalue weighted by Gasteiger charge is -2.26. The molecule has 2 rings (SSSR count). The van der Waals surface area contributed by atoms with Crippen molar-refractivity contribution in [3.8, 4) is 0 Å². The number of hydrogen-bond donors (Lipinski definition) is 2. The van der Waals surface area contributed by atoms with Gasteiger partial charge in [0.25, 0.3) is 0 Å². The van der Waals surface area contributed by atoms with E-state index in [9.17, 15) is 9.59 Å². The van der Waals surface area contributed by atoms with E-state index in [-0.39, 0.29) is 24.9 Å². The molecule has 1 aromatic heterocycles. The van der Waals surface area contributed by atoms with Crippen molar-refractivity contribution in [2.24, 2.45) is 5.73 Å². The number of amides is 2. The van der Waals surface area contributed by atoms with Crippen molar-refractivity contribution in [2.75, 3.05) is 13.1 Å². The molecule has 2 amide bonds. The second-order valence-corrected chi connectivity index (χ2v) is 7.06. The molecule has 0 aromatic carbocycles. The van der Waals surface area contributed by atoms with E-state index < -0.39 is 0 Å². The van der Waals surface area contributed by atoms with Crippen molar-refractivity contribution in [3.63, 3.8) is 0 Å². The van der Waals surface area contributed by atoms with Gasteiger partial charge in [0.05, 0.1) is 19.6 Å². The first-order chi connectivity index (χ1) is 10.6. The molecule has 1 saturated carbocycles. The van der Waals surface area contributed by atoms with Crippen molar-refractivity contribution in [3.05, 3.63) is 21.9 Å². The van der Waals surface area contributed by atoms with E-state index in [4.69, 9.17) is 5.73 Å². The minimum absolute atomic E-state index is 0.0420. The van der Waals surface area contributed by atoms with Crippen molar-refractivity contribution >= 4 is 23.2 Å². The molecule has 3 N–H and O–H groups in total. The molecule has 0 aliphatic heterocycles. The van der Waals surface area contributed by atoms with Gasteiger partial charge in [-0.25, -0.2) is 0 Å². The molecule has 0 bridgehead atoms. The van der Waals surface area contributed by atoms with Gasteiger partial charge in [-0.1, -0.05) is 19.8 Å². The number of aryl methyl sites for hydroxylation is 1. The van der Waals surface area contributed by atoms with Crippen molar-refractivity contribution < 1.29 is 9.59 Å². The number of nitrogens with one attached hydrogen (secondary N) is 1. The zero-order valence-electron chi connectivity index (χ0n) is 13.1. The average molecular weight is 323 g/mol. The third kappa shape index (κ3) is 5.10. The second-order valence-electron chi connectivity index (χ2n) is 5.81. The summed E-state index contributed by atoms with van der Waals surface area (Å²) in [5, 5.41) is 2.94. The molecule has 0 spiro atoms. The Bertz CT molecular complexity index is 509. The van der Waals surface area contributed by atoms with E-state index in [1.165, 1.54) is 4.88 Å². The smallest absolute Gasteiger partial charge is 0.234 e. The number of nitrogens with zero attached hydrogens (tertiary/aromatic N) is 1. The Morgan fingerprint density at radius 1 is 1.27 bits per heavy atom. The van der Waals surface area contributed by atoms with Gasteiger partial charge in [0.1, 0.15) is 0 Å². The Morgan fingerprint density at radius 2 is 1.95 bits per heavy atom. The Labute approximate surface area is 135 Å². The van der Waals surface area contributed by atoms with E-state index in [2.05, 4.69) is 24.4 Å². The summed E-state index contributed by atoms with van der Waals surface area (Å²) in [6.45, 7) is 3.09. The Hall–Kier alpha value is -1.40. The number of hydrogen-bond acceptors (Lipinski definition) is 4. The van der Waals surface area contributed by atoms with Crippen LogP contribution >= 0.6 is 11.3 Å². The SMILES string of the molecule is CCc1ccc(CNC(=O)CN(CC(N)=O)C2CCCC2)s1. The van der Waals surface area contributed by atoms with Gasteiger partial charge < -0.3 is 11.1 Å². The van der Waals surface area contributed by atoms with Crippen LogP contribution in [0.5, 0.6) is 0 Å². The molecule has 0 radical (unpaired) electrons. The van der Waals surface area contributed by atoms with Gasteiger partial charge in [-0.15, -0.1) is 11.3 Å². The molecular formula is C16H25N3O2S. The number of primary amides is 1. The van der Waals surface area contributed by atoms with E-state index in [0.29, 0.717) is 12.6 Å². The molecule has 1 heterocycles. The maximum Gasteiger partial charge on any atom is 0.234 e. The number of nitrogens with two attached hydrogens (primary N) is 1. The summed E-state index contributed by atoms with van der Waals surface area (Å²) >= 11 is 1.73. The Kier molecular flexibility index (Phi) is 6.39. The second kappa shape index (κ2) is 8.29. The van der Waals surface area contributed by atoms with Gasteiger partial charge in [-0.3, -0.25) is 14.5 Å². The lowest BCUT2D eigenvalue weighted by atomic mass is 10.2. The van der Waals surface area contributed by atoms with Gasteiger partial charge in [-0.05, 0) is 31.4 Å². The maximum atomic E-state index is 12.1. The third-order valence-electron chi connectivity index (χ3n) is 4.07. The fourth-order valence-electron chi connectivity index (χ4n) is 2.92. The summed E-state index contributed by atoms with van der Waals surface area (Å²) in [5.74, 6) is -0.412. The quantitative estimate of drug-likeness (QED) is 0.764. The van der Waals surface area contributed by atoms with Gasteiger partial charge >= 0.3 is 0 Å². The fourth-order valence-corrected chi connectivity index (χ4v) is 3.81. The minimum Gasteiger partial charge on any atom is -0.369 e. The zero-order chi connectivity index (χ0) is 15.9. The molecule has 0 atom stereocenters. The van der Waals surface area contributed by atoms with Crippen LogP contribution in [0.15, 0.2) is 12.1 Å². The van der Waals surface area contributed by atoms with E-state index in [1.54, 1.807) is 11.3 Å². The molecular weight excluding hydrogens is 298 g/mol. The lowest BCUT2D eigenvalue weighted by Crippen LogP contribution is -2.45. The number of thiophene rings is 1. The summed E-state index contributed by atoms with van der Waals surface area (Å²) in [5.41, 5.74) is 5.31. The molecule has 1 aliphatic rings. The predicted molar refractivity (Wildman–Crippen MR) is 88.6 cm³/mol. The summed E-state index contributed by atoms with van der Waals surface area (Å²) < 4.78 is 0. The van der Waals surface area contributed by atoms with Crippen LogP contribution in [-0.4, -0.2) is 35.8 Å². The van der Waals surface area contributed by atoms with Crippen LogP contribution in [0, 0.1) is 0 Å². The van der Waals surface area contributed by atoms with Gasteiger partial charge in [-0.2, -0.15) is 0 Å². The van der Waals surface area contributed by atoms with Crippen LogP contribution in [0.3, 0.4) is 0 Å². The largest absolute Gasteiger partial charge is 0.369 e.